The number of carbonyl (C=O) groups excluding carboxylic acids is 1. The third-order valence-electron chi connectivity index (χ3n) is 4.48. The van der Waals surface area contributed by atoms with Crippen LogP contribution in [0.25, 0.3) is 0 Å². The minimum absolute atomic E-state index is 0.117. The summed E-state index contributed by atoms with van der Waals surface area (Å²) in [6.07, 6.45) is 3.32. The van der Waals surface area contributed by atoms with Gasteiger partial charge in [-0.25, -0.2) is 4.79 Å². The Morgan fingerprint density at radius 1 is 1.30 bits per heavy atom. The van der Waals surface area contributed by atoms with Gasteiger partial charge in [-0.05, 0) is 37.6 Å². The van der Waals surface area contributed by atoms with E-state index in [0.29, 0.717) is 6.54 Å². The highest BCUT2D eigenvalue weighted by molar-refractivity contribution is 5.74. The monoisotopic (exact) mass is 319 g/mol. The Morgan fingerprint density at radius 3 is 2.78 bits per heavy atom. The molecule has 2 unspecified atom stereocenters. The lowest BCUT2D eigenvalue weighted by Gasteiger charge is -2.28. The highest BCUT2D eigenvalue weighted by Gasteiger charge is 2.24. The number of carbonyl (C=O) groups is 1. The lowest BCUT2D eigenvalue weighted by Crippen LogP contribution is -2.48. The zero-order valence-corrected chi connectivity index (χ0v) is 14.2. The third-order valence-corrected chi connectivity index (χ3v) is 4.48. The van der Waals surface area contributed by atoms with E-state index in [1.54, 1.807) is 0 Å². The molecule has 0 aromatic heterocycles. The molecule has 0 spiro atoms. The summed E-state index contributed by atoms with van der Waals surface area (Å²) in [6, 6.07) is 7.96. The van der Waals surface area contributed by atoms with E-state index in [1.807, 2.05) is 12.1 Å². The molecule has 3 N–H and O–H groups in total. The molecule has 5 nitrogen and oxygen atoms in total. The lowest BCUT2D eigenvalue weighted by atomic mass is 9.93. The molecule has 1 aliphatic rings. The average Bonchev–Trinajstić information content (AvgIpc) is 2.55. The van der Waals surface area contributed by atoms with Crippen molar-refractivity contribution in [1.82, 2.24) is 15.5 Å². The average molecular weight is 319 g/mol. The molecule has 2 amide bonds. The number of nitrogens with one attached hydrogen (secondary N) is 2. The Labute approximate surface area is 139 Å². The predicted molar refractivity (Wildman–Crippen MR) is 92.1 cm³/mol. The summed E-state index contributed by atoms with van der Waals surface area (Å²) in [7, 11) is 2.09. The first kappa shape index (κ1) is 17.8. The van der Waals surface area contributed by atoms with Crippen LogP contribution in [-0.2, 0) is 13.1 Å². The van der Waals surface area contributed by atoms with Gasteiger partial charge in [0.15, 0.2) is 0 Å². The Bertz CT molecular complexity index is 507. The van der Waals surface area contributed by atoms with Crippen molar-refractivity contribution in [3.63, 3.8) is 0 Å². The molecular formula is C18H29N3O2. The second kappa shape index (κ2) is 8.89. The van der Waals surface area contributed by atoms with Crippen LogP contribution >= 0.6 is 0 Å². The van der Waals surface area contributed by atoms with Crippen LogP contribution in [-0.4, -0.2) is 41.8 Å². The number of nitrogens with zero attached hydrogens (tertiary/aromatic N) is 1. The summed E-state index contributed by atoms with van der Waals surface area (Å²) in [4.78, 5) is 14.2. The van der Waals surface area contributed by atoms with Crippen molar-refractivity contribution in [2.24, 2.45) is 0 Å². The molecule has 0 heterocycles. The van der Waals surface area contributed by atoms with Gasteiger partial charge in [-0.3, -0.25) is 0 Å². The first-order chi connectivity index (χ1) is 11.1. The fourth-order valence-electron chi connectivity index (χ4n) is 2.94. The maximum Gasteiger partial charge on any atom is 0.315 e. The predicted octanol–water partition coefficient (Wildman–Crippen LogP) is 2.24. The molecule has 23 heavy (non-hydrogen) atoms. The lowest BCUT2D eigenvalue weighted by molar-refractivity contribution is 0.0943. The Kier molecular flexibility index (Phi) is 6.86. The zero-order chi connectivity index (χ0) is 16.7. The largest absolute Gasteiger partial charge is 0.391 e. The summed E-state index contributed by atoms with van der Waals surface area (Å²) in [5, 5.41) is 15.7. The van der Waals surface area contributed by atoms with E-state index in [0.717, 1.165) is 44.3 Å². The van der Waals surface area contributed by atoms with Crippen molar-refractivity contribution in [2.75, 3.05) is 13.6 Å². The van der Waals surface area contributed by atoms with E-state index < -0.39 is 6.10 Å². The summed E-state index contributed by atoms with van der Waals surface area (Å²) in [5.41, 5.74) is 2.34. The fraction of sp³-hybridized carbons (Fsp3) is 0.611. The molecule has 0 bridgehead atoms. The van der Waals surface area contributed by atoms with Crippen LogP contribution in [0.1, 0.15) is 43.7 Å². The molecule has 2 rings (SSSR count). The number of rotatable bonds is 6. The van der Waals surface area contributed by atoms with Gasteiger partial charge < -0.3 is 20.6 Å². The second-order valence-electron chi connectivity index (χ2n) is 6.44. The van der Waals surface area contributed by atoms with Crippen molar-refractivity contribution in [2.45, 2.75) is 57.8 Å². The van der Waals surface area contributed by atoms with Gasteiger partial charge in [0.1, 0.15) is 0 Å². The smallest absolute Gasteiger partial charge is 0.315 e. The van der Waals surface area contributed by atoms with E-state index in [2.05, 4.69) is 41.6 Å². The third kappa shape index (κ3) is 5.84. The Hall–Kier alpha value is -1.59. The summed E-state index contributed by atoms with van der Waals surface area (Å²) in [6.45, 7) is 4.55. The van der Waals surface area contributed by atoms with E-state index in [4.69, 9.17) is 0 Å². The SMILES string of the molecule is CCN(C)Cc1cccc(CNC(=O)NC2CCCCC2O)c1. The quantitative estimate of drug-likeness (QED) is 0.753. The molecule has 1 aromatic rings. The van der Waals surface area contributed by atoms with Crippen molar-refractivity contribution < 1.29 is 9.90 Å². The number of hydrogen-bond acceptors (Lipinski definition) is 3. The maximum atomic E-state index is 12.0. The van der Waals surface area contributed by atoms with Crippen LogP contribution in [0.3, 0.4) is 0 Å². The van der Waals surface area contributed by atoms with Crippen LogP contribution in [0, 0.1) is 0 Å². The number of aliphatic hydroxyl groups excluding tert-OH is 1. The molecular weight excluding hydrogens is 290 g/mol. The standard InChI is InChI=1S/C18H29N3O2/c1-3-21(2)13-15-8-6-7-14(11-15)12-19-18(23)20-16-9-4-5-10-17(16)22/h6-8,11,16-17,22H,3-5,9-10,12-13H2,1-2H3,(H2,19,20,23). The minimum Gasteiger partial charge on any atom is -0.391 e. The Balaban J connectivity index is 1.80. The first-order valence-corrected chi connectivity index (χ1v) is 8.57. The van der Waals surface area contributed by atoms with E-state index >= 15 is 0 Å². The number of aliphatic hydroxyl groups is 1. The van der Waals surface area contributed by atoms with Crippen molar-refractivity contribution in [3.05, 3.63) is 35.4 Å². The van der Waals surface area contributed by atoms with Gasteiger partial charge in [0.2, 0.25) is 0 Å². The van der Waals surface area contributed by atoms with E-state index in [1.165, 1.54) is 5.56 Å². The molecule has 1 aromatic carbocycles. The fourth-order valence-corrected chi connectivity index (χ4v) is 2.94. The minimum atomic E-state index is -0.414. The summed E-state index contributed by atoms with van der Waals surface area (Å²) >= 11 is 0. The molecule has 1 fully saturated rings. The molecule has 2 atom stereocenters. The maximum absolute atomic E-state index is 12.0. The first-order valence-electron chi connectivity index (χ1n) is 8.57. The van der Waals surface area contributed by atoms with Crippen LogP contribution in [0.15, 0.2) is 24.3 Å². The van der Waals surface area contributed by atoms with Crippen LogP contribution in [0.2, 0.25) is 0 Å². The normalized spacial score (nSPS) is 21.2. The molecule has 128 valence electrons. The van der Waals surface area contributed by atoms with Crippen LogP contribution < -0.4 is 10.6 Å². The zero-order valence-electron chi connectivity index (χ0n) is 14.2. The van der Waals surface area contributed by atoms with Gasteiger partial charge in [0, 0.05) is 13.1 Å². The van der Waals surface area contributed by atoms with Gasteiger partial charge >= 0.3 is 6.03 Å². The van der Waals surface area contributed by atoms with Crippen molar-refractivity contribution >= 4 is 6.03 Å². The van der Waals surface area contributed by atoms with Gasteiger partial charge in [0.05, 0.1) is 12.1 Å². The number of urea groups is 1. The number of hydrogen-bond donors (Lipinski definition) is 3. The van der Waals surface area contributed by atoms with Crippen LogP contribution in [0.4, 0.5) is 4.79 Å². The van der Waals surface area contributed by atoms with Gasteiger partial charge in [-0.2, -0.15) is 0 Å². The molecule has 0 aliphatic heterocycles. The van der Waals surface area contributed by atoms with E-state index in [-0.39, 0.29) is 12.1 Å². The molecule has 0 saturated heterocycles. The topological polar surface area (TPSA) is 64.6 Å². The summed E-state index contributed by atoms with van der Waals surface area (Å²) < 4.78 is 0. The number of benzene rings is 1. The van der Waals surface area contributed by atoms with Crippen LogP contribution in [0.5, 0.6) is 0 Å². The molecule has 1 aliphatic carbocycles. The highest BCUT2D eigenvalue weighted by atomic mass is 16.3. The van der Waals surface area contributed by atoms with Crippen molar-refractivity contribution in [3.8, 4) is 0 Å². The second-order valence-corrected chi connectivity index (χ2v) is 6.44. The summed E-state index contributed by atoms with van der Waals surface area (Å²) in [5.74, 6) is 0. The molecule has 5 heteroatoms. The molecule has 0 radical (unpaired) electrons. The molecule has 1 saturated carbocycles. The number of amides is 2. The van der Waals surface area contributed by atoms with Gasteiger partial charge in [-0.1, -0.05) is 44.0 Å². The van der Waals surface area contributed by atoms with E-state index in [9.17, 15) is 9.90 Å². The Morgan fingerprint density at radius 2 is 2.04 bits per heavy atom. The van der Waals surface area contributed by atoms with Crippen molar-refractivity contribution in [1.29, 1.82) is 0 Å². The van der Waals surface area contributed by atoms with Gasteiger partial charge in [0.25, 0.3) is 0 Å². The van der Waals surface area contributed by atoms with Gasteiger partial charge in [-0.15, -0.1) is 0 Å². The highest BCUT2D eigenvalue weighted by Crippen LogP contribution is 2.18.